The minimum absolute atomic E-state index is 0.0527. The van der Waals surface area contributed by atoms with Gasteiger partial charge in [-0.1, -0.05) is 38.7 Å². The Morgan fingerprint density at radius 1 is 1.24 bits per heavy atom. The van der Waals surface area contributed by atoms with Crippen molar-refractivity contribution < 1.29 is 4.79 Å². The number of ketones is 1. The largest absolute Gasteiger partial charge is 0.295 e. The van der Waals surface area contributed by atoms with Crippen molar-refractivity contribution >= 4 is 5.78 Å². The third kappa shape index (κ3) is 1.93. The van der Waals surface area contributed by atoms with E-state index < -0.39 is 0 Å². The lowest BCUT2D eigenvalue weighted by atomic mass is 9.47. The van der Waals surface area contributed by atoms with Crippen LogP contribution in [-0.2, 0) is 4.79 Å². The summed E-state index contributed by atoms with van der Waals surface area (Å²) in [7, 11) is 0. The molecule has 0 aromatic carbocycles. The van der Waals surface area contributed by atoms with Crippen LogP contribution in [0.15, 0.2) is 47.6 Å². The molecule has 0 spiro atoms. The zero-order chi connectivity index (χ0) is 18.1. The Hall–Kier alpha value is -1.88. The molecule has 6 atom stereocenters. The number of nitrogens with zero attached hydrogens (tertiary/aromatic N) is 1. The lowest BCUT2D eigenvalue weighted by molar-refractivity contribution is -0.116. The quantitative estimate of drug-likeness (QED) is 0.614. The second-order valence-corrected chi connectivity index (χ2v) is 9.11. The smallest absolute Gasteiger partial charge is 0.156 e. The summed E-state index contributed by atoms with van der Waals surface area (Å²) < 4.78 is 0. The van der Waals surface area contributed by atoms with Crippen LogP contribution < -0.4 is 0 Å². The standard InChI is InChI=1S/C23H27NO/c1-13-10-17-18(22(4)8-6-16(25)11-19(13)22)7-9-23(5)20(12-24)14(2)15(3)21(17)23/h10-11,17-18,20-21H,2-3,6-9H2,1,4-5H3/t17-,18-,20?,21+,22-,23-/m1/s1. The first-order valence-electron chi connectivity index (χ1n) is 9.45. The number of allylic oxidation sites excluding steroid dienone is 6. The number of hydrogen-bond acceptors (Lipinski definition) is 2. The van der Waals surface area contributed by atoms with Crippen molar-refractivity contribution in [1.82, 2.24) is 0 Å². The van der Waals surface area contributed by atoms with Gasteiger partial charge in [0.2, 0.25) is 0 Å². The first-order chi connectivity index (χ1) is 11.7. The van der Waals surface area contributed by atoms with Crippen molar-refractivity contribution in [3.8, 4) is 6.07 Å². The molecule has 2 nitrogen and oxygen atoms in total. The minimum atomic E-state index is -0.114. The molecule has 0 heterocycles. The molecule has 25 heavy (non-hydrogen) atoms. The molecule has 0 radical (unpaired) electrons. The van der Waals surface area contributed by atoms with Crippen molar-refractivity contribution in [2.24, 2.45) is 34.5 Å². The first-order valence-corrected chi connectivity index (χ1v) is 9.45. The average Bonchev–Trinajstić information content (AvgIpc) is 2.75. The highest BCUT2D eigenvalue weighted by molar-refractivity contribution is 5.92. The lowest BCUT2D eigenvalue weighted by Crippen LogP contribution is -2.49. The Balaban J connectivity index is 1.86. The van der Waals surface area contributed by atoms with E-state index in [1.54, 1.807) is 0 Å². The molecular weight excluding hydrogens is 306 g/mol. The molecule has 0 N–H and O–H groups in total. The van der Waals surface area contributed by atoms with E-state index in [4.69, 9.17) is 0 Å². The maximum atomic E-state index is 12.0. The molecule has 0 amide bonds. The van der Waals surface area contributed by atoms with Gasteiger partial charge in [0, 0.05) is 6.42 Å². The summed E-state index contributed by atoms with van der Waals surface area (Å²) in [4.78, 5) is 12.0. The fraction of sp³-hybridized carbons (Fsp3) is 0.565. The van der Waals surface area contributed by atoms with Crippen LogP contribution >= 0.6 is 0 Å². The van der Waals surface area contributed by atoms with E-state index in [1.807, 2.05) is 6.08 Å². The van der Waals surface area contributed by atoms with Gasteiger partial charge in [0.25, 0.3) is 0 Å². The Morgan fingerprint density at radius 2 is 1.96 bits per heavy atom. The second-order valence-electron chi connectivity index (χ2n) is 9.11. The van der Waals surface area contributed by atoms with Crippen molar-refractivity contribution in [3.05, 3.63) is 47.6 Å². The van der Waals surface area contributed by atoms with Crippen molar-refractivity contribution in [2.75, 3.05) is 0 Å². The Kier molecular flexibility index (Phi) is 3.36. The molecular formula is C23H27NO. The summed E-state index contributed by atoms with van der Waals surface area (Å²) in [5.41, 5.74) is 4.57. The number of hydrogen-bond donors (Lipinski definition) is 0. The Morgan fingerprint density at radius 3 is 2.64 bits per heavy atom. The number of rotatable bonds is 0. The van der Waals surface area contributed by atoms with Crippen LogP contribution in [0.5, 0.6) is 0 Å². The van der Waals surface area contributed by atoms with Crippen LogP contribution in [0.1, 0.15) is 46.5 Å². The van der Waals surface area contributed by atoms with Crippen molar-refractivity contribution in [1.29, 1.82) is 5.26 Å². The van der Waals surface area contributed by atoms with Gasteiger partial charge in [0.15, 0.2) is 5.78 Å². The van der Waals surface area contributed by atoms with Gasteiger partial charge in [0.05, 0.1) is 12.0 Å². The fourth-order valence-electron chi connectivity index (χ4n) is 6.65. The Bertz CT molecular complexity index is 806. The van der Waals surface area contributed by atoms with Gasteiger partial charge in [-0.2, -0.15) is 5.26 Å². The molecule has 0 bridgehead atoms. The average molecular weight is 333 g/mol. The molecule has 130 valence electrons. The van der Waals surface area contributed by atoms with Gasteiger partial charge in [-0.25, -0.2) is 0 Å². The molecule has 4 aliphatic rings. The van der Waals surface area contributed by atoms with Gasteiger partial charge in [0.1, 0.15) is 0 Å². The summed E-state index contributed by atoms with van der Waals surface area (Å²) in [6.07, 6.45) is 8.05. The van der Waals surface area contributed by atoms with Gasteiger partial charge in [-0.15, -0.1) is 0 Å². The van der Waals surface area contributed by atoms with Crippen LogP contribution in [0.4, 0.5) is 0 Å². The predicted octanol–water partition coefficient (Wildman–Crippen LogP) is 5.16. The summed E-state index contributed by atoms with van der Waals surface area (Å²) in [5.74, 6) is 1.38. The highest BCUT2D eigenvalue weighted by Crippen LogP contribution is 2.67. The van der Waals surface area contributed by atoms with Gasteiger partial charge < -0.3 is 0 Å². The maximum absolute atomic E-state index is 12.0. The maximum Gasteiger partial charge on any atom is 0.156 e. The van der Waals surface area contributed by atoms with E-state index in [9.17, 15) is 10.1 Å². The van der Waals surface area contributed by atoms with E-state index in [-0.39, 0.29) is 22.5 Å². The highest BCUT2D eigenvalue weighted by atomic mass is 16.1. The molecule has 2 fully saturated rings. The molecule has 2 heteroatoms. The monoisotopic (exact) mass is 333 g/mol. The van der Waals surface area contributed by atoms with E-state index in [2.05, 4.69) is 46.1 Å². The van der Waals surface area contributed by atoms with Crippen LogP contribution in [0, 0.1) is 45.8 Å². The zero-order valence-electron chi connectivity index (χ0n) is 15.6. The SMILES string of the molecule is C=C1C(=C)[C@H]2[C@@H]3C=C(C)C4=CC(=O)CC[C@]4(C)[C@@H]3CC[C@]2(C)C1C#N. The molecule has 0 saturated heterocycles. The van der Waals surface area contributed by atoms with Crippen LogP contribution in [0.3, 0.4) is 0 Å². The zero-order valence-corrected chi connectivity index (χ0v) is 15.6. The first kappa shape index (κ1) is 16.6. The summed E-state index contributed by atoms with van der Waals surface area (Å²) in [6.45, 7) is 15.4. The van der Waals surface area contributed by atoms with E-state index in [1.165, 1.54) is 11.1 Å². The molecule has 1 unspecified atom stereocenters. The fourth-order valence-corrected chi connectivity index (χ4v) is 6.65. The molecule has 0 aliphatic heterocycles. The van der Waals surface area contributed by atoms with Gasteiger partial charge >= 0.3 is 0 Å². The van der Waals surface area contributed by atoms with Crippen molar-refractivity contribution in [2.45, 2.75) is 46.5 Å². The minimum Gasteiger partial charge on any atom is -0.295 e. The second kappa shape index (κ2) is 5.07. The predicted molar refractivity (Wildman–Crippen MR) is 99.4 cm³/mol. The van der Waals surface area contributed by atoms with Crippen LogP contribution in [0.25, 0.3) is 0 Å². The number of fused-ring (bicyclic) bond motifs is 5. The van der Waals surface area contributed by atoms with Crippen molar-refractivity contribution in [3.63, 3.8) is 0 Å². The highest BCUT2D eigenvalue weighted by Gasteiger charge is 2.61. The van der Waals surface area contributed by atoms with Gasteiger partial charge in [-0.05, 0) is 77.6 Å². The number of carbonyl (C=O) groups excluding carboxylic acids is 1. The third-order valence-corrected chi connectivity index (χ3v) is 7.98. The molecule has 4 aliphatic carbocycles. The van der Waals surface area contributed by atoms with E-state index >= 15 is 0 Å². The lowest BCUT2D eigenvalue weighted by Gasteiger charge is -2.56. The van der Waals surface area contributed by atoms with Crippen LogP contribution in [0.2, 0.25) is 0 Å². The topological polar surface area (TPSA) is 40.9 Å². The molecule has 2 saturated carbocycles. The summed E-state index contributed by atoms with van der Waals surface area (Å²) in [6, 6.07) is 2.53. The number of carbonyl (C=O) groups is 1. The number of nitriles is 1. The normalized spacial score (nSPS) is 45.8. The Labute approximate surface area is 151 Å². The summed E-state index contributed by atoms with van der Waals surface area (Å²) >= 11 is 0. The van der Waals surface area contributed by atoms with E-state index in [0.29, 0.717) is 24.2 Å². The molecule has 0 aromatic rings. The molecule has 4 rings (SSSR count). The van der Waals surface area contributed by atoms with Crippen LogP contribution in [-0.4, -0.2) is 5.78 Å². The third-order valence-electron chi connectivity index (χ3n) is 7.98. The van der Waals surface area contributed by atoms with E-state index in [0.717, 1.165) is 30.4 Å². The van der Waals surface area contributed by atoms with Gasteiger partial charge in [-0.3, -0.25) is 4.79 Å². The molecule has 0 aromatic heterocycles. The summed E-state index contributed by atoms with van der Waals surface area (Å²) in [5, 5.41) is 9.76.